The van der Waals surface area contributed by atoms with E-state index in [4.69, 9.17) is 0 Å². The Balaban J connectivity index is 1.45. The Bertz CT molecular complexity index is 981. The van der Waals surface area contributed by atoms with Gasteiger partial charge in [0.2, 0.25) is 5.91 Å². The minimum Gasteiger partial charge on any atom is -0.342 e. The third-order valence-corrected chi connectivity index (χ3v) is 5.12. The van der Waals surface area contributed by atoms with Crippen LogP contribution in [0.1, 0.15) is 35.7 Å². The van der Waals surface area contributed by atoms with E-state index in [1.165, 1.54) is 12.1 Å². The normalized spacial score (nSPS) is 17.8. The summed E-state index contributed by atoms with van der Waals surface area (Å²) in [5, 5.41) is 8.48. The van der Waals surface area contributed by atoms with Crippen LogP contribution in [0.5, 0.6) is 0 Å². The summed E-state index contributed by atoms with van der Waals surface area (Å²) in [5.74, 6) is 0.837. The van der Waals surface area contributed by atoms with Crippen molar-refractivity contribution in [3.8, 4) is 0 Å². The molecule has 1 fully saturated rings. The standard InChI is InChI=1S/C20H19F3N4O/c21-20(22,23)16-8-6-14(7-9-16)12-18(28)26-10-3-4-15(13-26)19-25-24-17-5-1-2-11-27(17)19/h1-2,5-9,11,15H,3-4,10,12-13H2. The van der Waals surface area contributed by atoms with Gasteiger partial charge in [0.25, 0.3) is 0 Å². The lowest BCUT2D eigenvalue weighted by Gasteiger charge is -2.32. The highest BCUT2D eigenvalue weighted by Gasteiger charge is 2.30. The minimum atomic E-state index is -4.37. The van der Waals surface area contributed by atoms with Crippen molar-refractivity contribution < 1.29 is 18.0 Å². The van der Waals surface area contributed by atoms with Gasteiger partial charge in [-0.15, -0.1) is 10.2 Å². The first kappa shape index (κ1) is 18.5. The van der Waals surface area contributed by atoms with Crippen LogP contribution in [-0.2, 0) is 17.4 Å². The van der Waals surface area contributed by atoms with Crippen LogP contribution in [0.25, 0.3) is 5.65 Å². The van der Waals surface area contributed by atoms with Crippen molar-refractivity contribution in [2.24, 2.45) is 0 Å². The molecule has 1 saturated heterocycles. The molecule has 1 aromatic carbocycles. The summed E-state index contributed by atoms with van der Waals surface area (Å²) in [6.07, 6.45) is -0.604. The topological polar surface area (TPSA) is 50.5 Å². The Labute approximate surface area is 159 Å². The van der Waals surface area contributed by atoms with Crippen LogP contribution >= 0.6 is 0 Å². The molecule has 28 heavy (non-hydrogen) atoms. The van der Waals surface area contributed by atoms with Crippen LogP contribution in [-0.4, -0.2) is 38.5 Å². The number of rotatable bonds is 3. The van der Waals surface area contributed by atoms with E-state index in [0.717, 1.165) is 36.4 Å². The first-order chi connectivity index (χ1) is 13.4. The molecule has 0 aliphatic carbocycles. The van der Waals surface area contributed by atoms with E-state index < -0.39 is 11.7 Å². The molecule has 0 spiro atoms. The zero-order chi connectivity index (χ0) is 19.7. The lowest BCUT2D eigenvalue weighted by Crippen LogP contribution is -2.40. The monoisotopic (exact) mass is 388 g/mol. The van der Waals surface area contributed by atoms with Crippen LogP contribution in [0.15, 0.2) is 48.7 Å². The van der Waals surface area contributed by atoms with Gasteiger partial charge in [0, 0.05) is 25.2 Å². The molecule has 0 radical (unpaired) electrons. The maximum atomic E-state index is 12.7. The number of nitrogens with zero attached hydrogens (tertiary/aromatic N) is 4. The molecule has 1 aliphatic rings. The number of halogens is 3. The summed E-state index contributed by atoms with van der Waals surface area (Å²) in [4.78, 5) is 14.5. The van der Waals surface area contributed by atoms with Crippen molar-refractivity contribution in [2.75, 3.05) is 13.1 Å². The smallest absolute Gasteiger partial charge is 0.342 e. The van der Waals surface area contributed by atoms with E-state index in [0.29, 0.717) is 18.7 Å². The number of amides is 1. The summed E-state index contributed by atoms with van der Waals surface area (Å²) >= 11 is 0. The van der Waals surface area contributed by atoms with Crippen molar-refractivity contribution in [1.82, 2.24) is 19.5 Å². The number of alkyl halides is 3. The molecule has 0 N–H and O–H groups in total. The summed E-state index contributed by atoms with van der Waals surface area (Å²) in [7, 11) is 0. The number of benzene rings is 1. The largest absolute Gasteiger partial charge is 0.416 e. The van der Waals surface area contributed by atoms with E-state index in [-0.39, 0.29) is 18.2 Å². The molecule has 1 atom stereocenters. The zero-order valence-corrected chi connectivity index (χ0v) is 15.1. The average Bonchev–Trinajstić information content (AvgIpc) is 3.12. The molecule has 3 heterocycles. The zero-order valence-electron chi connectivity index (χ0n) is 15.1. The molecular weight excluding hydrogens is 369 g/mol. The van der Waals surface area contributed by atoms with Crippen molar-refractivity contribution in [3.05, 3.63) is 65.6 Å². The SMILES string of the molecule is O=C(Cc1ccc(C(F)(F)F)cc1)N1CCCC(c2nnc3ccccn23)C1. The molecule has 0 saturated carbocycles. The number of hydrogen-bond acceptors (Lipinski definition) is 3. The molecule has 3 aromatic rings. The second-order valence-corrected chi connectivity index (χ2v) is 7.04. The van der Waals surface area contributed by atoms with Crippen molar-refractivity contribution in [1.29, 1.82) is 0 Å². The van der Waals surface area contributed by atoms with Crippen LogP contribution in [0.4, 0.5) is 13.2 Å². The lowest BCUT2D eigenvalue weighted by atomic mass is 9.96. The molecule has 146 valence electrons. The molecule has 8 heteroatoms. The van der Waals surface area contributed by atoms with Crippen LogP contribution < -0.4 is 0 Å². The Morgan fingerprint density at radius 2 is 1.89 bits per heavy atom. The van der Waals surface area contributed by atoms with Crippen LogP contribution in [0, 0.1) is 0 Å². The number of likely N-dealkylation sites (tertiary alicyclic amines) is 1. The number of fused-ring (bicyclic) bond motifs is 1. The molecule has 4 rings (SSSR count). The van der Waals surface area contributed by atoms with E-state index in [1.807, 2.05) is 28.8 Å². The second-order valence-electron chi connectivity index (χ2n) is 7.04. The minimum absolute atomic E-state index is 0.0849. The van der Waals surface area contributed by atoms with E-state index in [9.17, 15) is 18.0 Å². The number of pyridine rings is 1. The van der Waals surface area contributed by atoms with Gasteiger partial charge in [-0.2, -0.15) is 13.2 Å². The first-order valence-electron chi connectivity index (χ1n) is 9.15. The highest BCUT2D eigenvalue weighted by molar-refractivity contribution is 5.79. The van der Waals surface area contributed by atoms with Gasteiger partial charge in [-0.25, -0.2) is 0 Å². The summed E-state index contributed by atoms with van der Waals surface area (Å²) in [5.41, 5.74) is 0.638. The van der Waals surface area contributed by atoms with Crippen molar-refractivity contribution >= 4 is 11.6 Å². The fraction of sp³-hybridized carbons (Fsp3) is 0.350. The van der Waals surface area contributed by atoms with Crippen LogP contribution in [0.3, 0.4) is 0 Å². The van der Waals surface area contributed by atoms with Crippen LogP contribution in [0.2, 0.25) is 0 Å². The Kier molecular flexibility index (Phi) is 4.78. The Hall–Kier alpha value is -2.90. The lowest BCUT2D eigenvalue weighted by molar-refractivity contribution is -0.137. The van der Waals surface area contributed by atoms with Gasteiger partial charge in [-0.1, -0.05) is 18.2 Å². The van der Waals surface area contributed by atoms with E-state index in [2.05, 4.69) is 10.2 Å². The first-order valence-corrected chi connectivity index (χ1v) is 9.15. The quantitative estimate of drug-likeness (QED) is 0.688. The fourth-order valence-corrected chi connectivity index (χ4v) is 3.65. The molecule has 2 aromatic heterocycles. The van der Waals surface area contributed by atoms with Crippen molar-refractivity contribution in [3.63, 3.8) is 0 Å². The molecule has 1 amide bonds. The summed E-state index contributed by atoms with van der Waals surface area (Å²) < 4.78 is 40.0. The van der Waals surface area contributed by atoms with Gasteiger partial charge in [0.1, 0.15) is 5.82 Å². The molecule has 5 nitrogen and oxygen atoms in total. The van der Waals surface area contributed by atoms with Gasteiger partial charge >= 0.3 is 6.18 Å². The molecular formula is C20H19F3N4O. The van der Waals surface area contributed by atoms with Gasteiger partial charge in [0.05, 0.1) is 12.0 Å². The average molecular weight is 388 g/mol. The maximum absolute atomic E-state index is 12.7. The van der Waals surface area contributed by atoms with Gasteiger partial charge < -0.3 is 4.90 Å². The number of hydrogen-bond donors (Lipinski definition) is 0. The summed E-state index contributed by atoms with van der Waals surface area (Å²) in [6, 6.07) is 10.5. The second kappa shape index (κ2) is 7.26. The number of carbonyl (C=O) groups is 1. The number of aromatic nitrogens is 3. The van der Waals surface area contributed by atoms with Gasteiger partial charge in [-0.05, 0) is 42.7 Å². The van der Waals surface area contributed by atoms with E-state index in [1.54, 1.807) is 4.90 Å². The van der Waals surface area contributed by atoms with Gasteiger partial charge in [-0.3, -0.25) is 9.20 Å². The molecule has 1 aliphatic heterocycles. The third-order valence-electron chi connectivity index (χ3n) is 5.12. The maximum Gasteiger partial charge on any atom is 0.416 e. The Morgan fingerprint density at radius 1 is 1.11 bits per heavy atom. The van der Waals surface area contributed by atoms with E-state index >= 15 is 0 Å². The highest BCUT2D eigenvalue weighted by atomic mass is 19.4. The summed E-state index contributed by atoms with van der Waals surface area (Å²) in [6.45, 7) is 1.18. The van der Waals surface area contributed by atoms with Crippen molar-refractivity contribution in [2.45, 2.75) is 31.4 Å². The van der Waals surface area contributed by atoms with Gasteiger partial charge in [0.15, 0.2) is 5.65 Å². The highest BCUT2D eigenvalue weighted by Crippen LogP contribution is 2.30. The predicted octanol–water partition coefficient (Wildman–Crippen LogP) is 3.70. The number of carbonyl (C=O) groups excluding carboxylic acids is 1. The molecule has 1 unspecified atom stereocenters. The fourth-order valence-electron chi connectivity index (χ4n) is 3.65. The molecule has 0 bridgehead atoms. The third kappa shape index (κ3) is 3.72. The Morgan fingerprint density at radius 3 is 2.64 bits per heavy atom. The number of piperidine rings is 1. The predicted molar refractivity (Wildman–Crippen MR) is 96.7 cm³/mol.